The van der Waals surface area contributed by atoms with Crippen LogP contribution in [-0.2, 0) is 4.79 Å². The maximum absolute atomic E-state index is 10.3. The van der Waals surface area contributed by atoms with Crippen LogP contribution in [0.3, 0.4) is 0 Å². The zero-order chi connectivity index (χ0) is 9.84. The molecular weight excluding hydrogens is 166 g/mol. The fraction of sp³-hybridized carbons (Fsp3) is 0.100. The molecule has 0 heterocycles. The van der Waals surface area contributed by atoms with Crippen molar-refractivity contribution >= 4 is 5.91 Å². The molecule has 0 aliphatic carbocycles. The highest BCUT2D eigenvalue weighted by atomic mass is 16.3. The molecule has 0 spiro atoms. The van der Waals surface area contributed by atoms with Gasteiger partial charge in [0.15, 0.2) is 0 Å². The van der Waals surface area contributed by atoms with Gasteiger partial charge in [0.25, 0.3) is 5.91 Å². The van der Waals surface area contributed by atoms with Crippen LogP contribution in [0.25, 0.3) is 0 Å². The molecular formula is C10H9NO2. The summed E-state index contributed by atoms with van der Waals surface area (Å²) in [6.45, 7) is 1.83. The van der Waals surface area contributed by atoms with E-state index in [4.69, 9.17) is 5.73 Å². The van der Waals surface area contributed by atoms with Gasteiger partial charge < -0.3 is 10.8 Å². The van der Waals surface area contributed by atoms with E-state index in [1.807, 2.05) is 6.92 Å². The maximum atomic E-state index is 10.3. The van der Waals surface area contributed by atoms with Gasteiger partial charge in [0.05, 0.1) is 0 Å². The largest absolute Gasteiger partial charge is 0.508 e. The Balaban J connectivity index is 3.04. The van der Waals surface area contributed by atoms with Gasteiger partial charge >= 0.3 is 0 Å². The summed E-state index contributed by atoms with van der Waals surface area (Å²) in [5.41, 5.74) is 6.30. The molecule has 3 heteroatoms. The van der Waals surface area contributed by atoms with E-state index in [9.17, 15) is 9.90 Å². The predicted molar refractivity (Wildman–Crippen MR) is 48.9 cm³/mol. The molecule has 1 amide bonds. The number of phenols is 1. The summed E-state index contributed by atoms with van der Waals surface area (Å²) in [5.74, 6) is 4.19. The van der Waals surface area contributed by atoms with Gasteiger partial charge in [0.2, 0.25) is 0 Å². The van der Waals surface area contributed by atoms with E-state index in [1.54, 1.807) is 12.1 Å². The first-order valence-corrected chi connectivity index (χ1v) is 3.70. The summed E-state index contributed by atoms with van der Waals surface area (Å²) >= 11 is 0. The van der Waals surface area contributed by atoms with Crippen molar-refractivity contribution in [2.45, 2.75) is 6.92 Å². The van der Waals surface area contributed by atoms with Gasteiger partial charge in [-0.1, -0.05) is 5.92 Å². The molecule has 1 rings (SSSR count). The summed E-state index contributed by atoms with van der Waals surface area (Å²) in [4.78, 5) is 10.3. The highest BCUT2D eigenvalue weighted by Gasteiger charge is 1.93. The van der Waals surface area contributed by atoms with Gasteiger partial charge in [-0.05, 0) is 36.6 Å². The number of amides is 1. The Kier molecular flexibility index (Phi) is 2.56. The molecule has 0 atom stereocenters. The van der Waals surface area contributed by atoms with Crippen molar-refractivity contribution in [2.24, 2.45) is 5.73 Å². The summed E-state index contributed by atoms with van der Waals surface area (Å²) < 4.78 is 0. The smallest absolute Gasteiger partial charge is 0.293 e. The SMILES string of the molecule is Cc1cc(O)cc(C#CC(N)=O)c1. The standard InChI is InChI=1S/C10H9NO2/c1-7-4-8(2-3-10(11)13)6-9(12)5-7/h4-6,12H,1H3,(H2,11,13). The van der Waals surface area contributed by atoms with Crippen molar-refractivity contribution in [1.29, 1.82) is 0 Å². The molecule has 0 unspecified atom stereocenters. The quantitative estimate of drug-likeness (QED) is 0.565. The van der Waals surface area contributed by atoms with E-state index in [0.717, 1.165) is 5.56 Å². The Bertz CT molecular complexity index is 379. The second-order valence-electron chi connectivity index (χ2n) is 2.67. The lowest BCUT2D eigenvalue weighted by Gasteiger charge is -1.95. The number of carbonyl (C=O) groups excluding carboxylic acids is 1. The predicted octanol–water partition coefficient (Wildman–Crippen LogP) is 0.537. The summed E-state index contributed by atoms with van der Waals surface area (Å²) in [7, 11) is 0. The summed E-state index contributed by atoms with van der Waals surface area (Å²) in [6, 6.07) is 4.84. The molecule has 1 aromatic carbocycles. The van der Waals surface area contributed by atoms with E-state index < -0.39 is 5.91 Å². The second-order valence-corrected chi connectivity index (χ2v) is 2.67. The van der Waals surface area contributed by atoms with Gasteiger partial charge in [0.1, 0.15) is 5.75 Å². The molecule has 0 radical (unpaired) electrons. The van der Waals surface area contributed by atoms with Gasteiger partial charge in [-0.3, -0.25) is 4.79 Å². The monoisotopic (exact) mass is 175 g/mol. The molecule has 0 aliphatic heterocycles. The van der Waals surface area contributed by atoms with Gasteiger partial charge in [-0.25, -0.2) is 0 Å². The Morgan fingerprint density at radius 1 is 1.46 bits per heavy atom. The molecule has 3 nitrogen and oxygen atoms in total. The third-order valence-corrected chi connectivity index (χ3v) is 1.39. The first-order valence-electron chi connectivity index (χ1n) is 3.70. The molecule has 1 aromatic rings. The fourth-order valence-electron chi connectivity index (χ4n) is 0.969. The Labute approximate surface area is 76.2 Å². The minimum absolute atomic E-state index is 0.133. The Hall–Kier alpha value is -1.95. The molecule has 0 fully saturated rings. The number of phenolic OH excluding ortho intramolecular Hbond substituents is 1. The summed E-state index contributed by atoms with van der Waals surface area (Å²) in [5, 5.41) is 9.18. The van der Waals surface area contributed by atoms with Crippen LogP contribution < -0.4 is 5.73 Å². The van der Waals surface area contributed by atoms with Crippen molar-refractivity contribution in [1.82, 2.24) is 0 Å². The van der Waals surface area contributed by atoms with E-state index in [1.165, 1.54) is 6.07 Å². The lowest BCUT2D eigenvalue weighted by Crippen LogP contribution is -2.06. The van der Waals surface area contributed by atoms with E-state index in [0.29, 0.717) is 5.56 Å². The normalized spacial score (nSPS) is 8.69. The molecule has 0 aliphatic rings. The topological polar surface area (TPSA) is 63.3 Å². The molecule has 3 N–H and O–H groups in total. The fourth-order valence-corrected chi connectivity index (χ4v) is 0.969. The molecule has 0 saturated heterocycles. The first kappa shape index (κ1) is 9.14. The van der Waals surface area contributed by atoms with Crippen LogP contribution in [0.5, 0.6) is 5.75 Å². The van der Waals surface area contributed by atoms with Crippen LogP contribution >= 0.6 is 0 Å². The third-order valence-electron chi connectivity index (χ3n) is 1.39. The van der Waals surface area contributed by atoms with Crippen LogP contribution in [0.2, 0.25) is 0 Å². The number of primary amides is 1. The highest BCUT2D eigenvalue weighted by Crippen LogP contribution is 2.13. The Morgan fingerprint density at radius 2 is 2.15 bits per heavy atom. The number of benzene rings is 1. The van der Waals surface area contributed by atoms with Crippen molar-refractivity contribution in [2.75, 3.05) is 0 Å². The average molecular weight is 175 g/mol. The molecule has 66 valence electrons. The molecule has 13 heavy (non-hydrogen) atoms. The van der Waals surface area contributed by atoms with Crippen molar-refractivity contribution < 1.29 is 9.90 Å². The Morgan fingerprint density at radius 3 is 2.69 bits per heavy atom. The van der Waals surface area contributed by atoms with Crippen molar-refractivity contribution in [3.63, 3.8) is 0 Å². The number of aryl methyl sites for hydroxylation is 1. The maximum Gasteiger partial charge on any atom is 0.293 e. The van der Waals surface area contributed by atoms with Crippen molar-refractivity contribution in [3.8, 4) is 17.6 Å². The van der Waals surface area contributed by atoms with Gasteiger partial charge in [-0.2, -0.15) is 0 Å². The molecule has 0 bridgehead atoms. The van der Waals surface area contributed by atoms with Crippen LogP contribution in [0.15, 0.2) is 18.2 Å². The minimum atomic E-state index is -0.680. The van der Waals surface area contributed by atoms with Crippen LogP contribution in [0.4, 0.5) is 0 Å². The van der Waals surface area contributed by atoms with Crippen molar-refractivity contribution in [3.05, 3.63) is 29.3 Å². The van der Waals surface area contributed by atoms with Gasteiger partial charge in [0, 0.05) is 5.56 Å². The van der Waals surface area contributed by atoms with E-state index in [-0.39, 0.29) is 5.75 Å². The van der Waals surface area contributed by atoms with Gasteiger partial charge in [-0.15, -0.1) is 0 Å². The lowest BCUT2D eigenvalue weighted by molar-refractivity contribution is -0.112. The first-order chi connectivity index (χ1) is 6.08. The van der Waals surface area contributed by atoms with E-state index in [2.05, 4.69) is 11.8 Å². The zero-order valence-electron chi connectivity index (χ0n) is 7.16. The highest BCUT2D eigenvalue weighted by molar-refractivity contribution is 5.92. The molecule has 0 aromatic heterocycles. The number of hydrogen-bond acceptors (Lipinski definition) is 2. The lowest BCUT2D eigenvalue weighted by atomic mass is 10.1. The van der Waals surface area contributed by atoms with Crippen LogP contribution in [0.1, 0.15) is 11.1 Å². The number of rotatable bonds is 0. The zero-order valence-corrected chi connectivity index (χ0v) is 7.16. The third kappa shape index (κ3) is 2.88. The number of aromatic hydroxyl groups is 1. The van der Waals surface area contributed by atoms with E-state index >= 15 is 0 Å². The minimum Gasteiger partial charge on any atom is -0.508 e. The average Bonchev–Trinajstić information content (AvgIpc) is 1.99. The van der Waals surface area contributed by atoms with Crippen LogP contribution in [0, 0.1) is 18.8 Å². The number of hydrogen-bond donors (Lipinski definition) is 2. The second kappa shape index (κ2) is 3.63. The number of carbonyl (C=O) groups is 1. The number of nitrogens with two attached hydrogens (primary N) is 1. The van der Waals surface area contributed by atoms with Crippen LogP contribution in [-0.4, -0.2) is 11.0 Å². The summed E-state index contributed by atoms with van der Waals surface area (Å²) in [6.07, 6.45) is 0. The molecule has 0 saturated carbocycles.